The van der Waals surface area contributed by atoms with E-state index in [0.29, 0.717) is 5.82 Å². The monoisotopic (exact) mass is 223 g/mol. The van der Waals surface area contributed by atoms with Gasteiger partial charge in [-0.2, -0.15) is 0 Å². The quantitative estimate of drug-likeness (QED) is 0.794. The Balaban J connectivity index is 2.04. The van der Waals surface area contributed by atoms with Gasteiger partial charge in [0.05, 0.1) is 11.7 Å². The van der Waals surface area contributed by atoms with Crippen molar-refractivity contribution in [1.29, 1.82) is 0 Å². The molecule has 1 aliphatic heterocycles. The molecule has 5 heteroatoms. The van der Waals surface area contributed by atoms with Crippen LogP contribution in [-0.2, 0) is 4.79 Å². The SMILES string of the molecule is CC1(C(=O)Nc2ccc(F)cn2)CCCN1. The average Bonchev–Trinajstić information content (AvgIpc) is 2.70. The third-order valence-electron chi connectivity index (χ3n) is 2.84. The predicted molar refractivity (Wildman–Crippen MR) is 58.5 cm³/mol. The Morgan fingerprint density at radius 2 is 2.44 bits per heavy atom. The fourth-order valence-electron chi connectivity index (χ4n) is 1.79. The minimum Gasteiger partial charge on any atom is -0.309 e. The first-order valence-electron chi connectivity index (χ1n) is 5.28. The molecule has 0 aliphatic carbocycles. The number of halogens is 1. The molecule has 0 radical (unpaired) electrons. The van der Waals surface area contributed by atoms with Crippen LogP contribution in [0.1, 0.15) is 19.8 Å². The summed E-state index contributed by atoms with van der Waals surface area (Å²) >= 11 is 0. The van der Waals surface area contributed by atoms with E-state index in [2.05, 4.69) is 15.6 Å². The zero-order valence-corrected chi connectivity index (χ0v) is 9.09. The van der Waals surface area contributed by atoms with Gasteiger partial charge in [-0.1, -0.05) is 0 Å². The summed E-state index contributed by atoms with van der Waals surface area (Å²) in [6, 6.07) is 2.72. The van der Waals surface area contributed by atoms with Gasteiger partial charge in [-0.3, -0.25) is 4.79 Å². The summed E-state index contributed by atoms with van der Waals surface area (Å²) in [6.45, 7) is 2.71. The third-order valence-corrected chi connectivity index (χ3v) is 2.84. The molecule has 2 heterocycles. The summed E-state index contributed by atoms with van der Waals surface area (Å²) in [4.78, 5) is 15.7. The van der Waals surface area contributed by atoms with E-state index in [9.17, 15) is 9.18 Å². The Bertz CT molecular complexity index is 385. The lowest BCUT2D eigenvalue weighted by atomic mass is 9.99. The number of carbonyl (C=O) groups excluding carboxylic acids is 1. The van der Waals surface area contributed by atoms with E-state index in [4.69, 9.17) is 0 Å². The molecule has 1 aromatic rings. The highest BCUT2D eigenvalue weighted by Crippen LogP contribution is 2.20. The van der Waals surface area contributed by atoms with Gasteiger partial charge >= 0.3 is 0 Å². The maximum Gasteiger partial charge on any atom is 0.245 e. The Kier molecular flexibility index (Phi) is 2.87. The number of nitrogens with one attached hydrogen (secondary N) is 2. The molecular formula is C11H14FN3O. The molecule has 0 bridgehead atoms. The number of hydrogen-bond donors (Lipinski definition) is 2. The van der Waals surface area contributed by atoms with Crippen LogP contribution in [0, 0.1) is 5.82 Å². The van der Waals surface area contributed by atoms with Gasteiger partial charge in [0.25, 0.3) is 0 Å². The number of nitrogens with zero attached hydrogens (tertiary/aromatic N) is 1. The molecule has 4 nitrogen and oxygen atoms in total. The Morgan fingerprint density at radius 3 is 3.00 bits per heavy atom. The largest absolute Gasteiger partial charge is 0.309 e. The molecule has 1 saturated heterocycles. The van der Waals surface area contributed by atoms with E-state index in [0.717, 1.165) is 25.6 Å². The first-order valence-corrected chi connectivity index (χ1v) is 5.28. The van der Waals surface area contributed by atoms with Crippen LogP contribution >= 0.6 is 0 Å². The molecule has 1 aliphatic rings. The molecule has 2 N–H and O–H groups in total. The minimum atomic E-state index is -0.532. The lowest BCUT2D eigenvalue weighted by Crippen LogP contribution is -2.48. The van der Waals surface area contributed by atoms with Gasteiger partial charge in [0.1, 0.15) is 11.6 Å². The van der Waals surface area contributed by atoms with Crippen LogP contribution in [0.2, 0.25) is 0 Å². The smallest absolute Gasteiger partial charge is 0.245 e. The molecule has 1 atom stereocenters. The Hall–Kier alpha value is -1.49. The minimum absolute atomic E-state index is 0.121. The standard InChI is InChI=1S/C11H14FN3O/c1-11(5-2-6-14-11)10(16)15-9-4-3-8(12)7-13-9/h3-4,7,14H,2,5-6H2,1H3,(H,13,15,16). The predicted octanol–water partition coefficient (Wildman–Crippen LogP) is 1.30. The maximum atomic E-state index is 12.6. The van der Waals surface area contributed by atoms with Crippen molar-refractivity contribution >= 4 is 11.7 Å². The number of anilines is 1. The van der Waals surface area contributed by atoms with Gasteiger partial charge in [0.2, 0.25) is 5.91 Å². The first-order chi connectivity index (χ1) is 7.60. The second kappa shape index (κ2) is 4.17. The molecule has 0 aromatic carbocycles. The van der Waals surface area contributed by atoms with Gasteiger partial charge in [0.15, 0.2) is 0 Å². The van der Waals surface area contributed by atoms with Gasteiger partial charge in [0, 0.05) is 0 Å². The molecule has 1 aromatic heterocycles. The number of pyridine rings is 1. The van der Waals surface area contributed by atoms with E-state index in [1.165, 1.54) is 12.1 Å². The van der Waals surface area contributed by atoms with E-state index in [-0.39, 0.29) is 5.91 Å². The van der Waals surface area contributed by atoms with Gasteiger partial charge in [-0.25, -0.2) is 9.37 Å². The molecular weight excluding hydrogens is 209 g/mol. The van der Waals surface area contributed by atoms with E-state index in [1.54, 1.807) is 0 Å². The van der Waals surface area contributed by atoms with Gasteiger partial charge < -0.3 is 10.6 Å². The fourth-order valence-corrected chi connectivity index (χ4v) is 1.79. The fraction of sp³-hybridized carbons (Fsp3) is 0.455. The molecule has 2 rings (SSSR count). The van der Waals surface area contributed by atoms with Crippen LogP contribution in [-0.4, -0.2) is 23.0 Å². The number of carbonyl (C=O) groups is 1. The topological polar surface area (TPSA) is 54.0 Å². The zero-order chi connectivity index (χ0) is 11.6. The highest BCUT2D eigenvalue weighted by molar-refractivity contribution is 5.97. The number of rotatable bonds is 2. The summed E-state index contributed by atoms with van der Waals surface area (Å²) in [5, 5.41) is 5.82. The Labute approximate surface area is 93.3 Å². The van der Waals surface area contributed by atoms with E-state index < -0.39 is 11.4 Å². The second-order valence-corrected chi connectivity index (χ2v) is 4.18. The molecule has 0 saturated carbocycles. The van der Waals surface area contributed by atoms with Crippen molar-refractivity contribution in [2.75, 3.05) is 11.9 Å². The van der Waals surface area contributed by atoms with Gasteiger partial charge in [-0.15, -0.1) is 0 Å². The lowest BCUT2D eigenvalue weighted by molar-refractivity contribution is -0.121. The molecule has 86 valence electrons. The van der Waals surface area contributed by atoms with Crippen LogP contribution in [0.3, 0.4) is 0 Å². The first kappa shape index (κ1) is 11.0. The Morgan fingerprint density at radius 1 is 1.62 bits per heavy atom. The van der Waals surface area contributed by atoms with Gasteiger partial charge in [-0.05, 0) is 38.4 Å². The second-order valence-electron chi connectivity index (χ2n) is 4.18. The molecule has 1 amide bonds. The van der Waals surface area contributed by atoms with Crippen molar-refractivity contribution in [3.8, 4) is 0 Å². The molecule has 0 spiro atoms. The van der Waals surface area contributed by atoms with Crippen molar-refractivity contribution in [2.24, 2.45) is 0 Å². The zero-order valence-electron chi connectivity index (χ0n) is 9.09. The molecule has 1 unspecified atom stereocenters. The number of amides is 1. The van der Waals surface area contributed by atoms with Crippen molar-refractivity contribution in [2.45, 2.75) is 25.3 Å². The van der Waals surface area contributed by atoms with Crippen molar-refractivity contribution in [3.05, 3.63) is 24.1 Å². The van der Waals surface area contributed by atoms with E-state index >= 15 is 0 Å². The summed E-state index contributed by atoms with van der Waals surface area (Å²) in [7, 11) is 0. The highest BCUT2D eigenvalue weighted by Gasteiger charge is 2.35. The molecule has 16 heavy (non-hydrogen) atoms. The van der Waals surface area contributed by atoms with Crippen molar-refractivity contribution in [1.82, 2.24) is 10.3 Å². The molecule has 1 fully saturated rings. The van der Waals surface area contributed by atoms with Crippen molar-refractivity contribution < 1.29 is 9.18 Å². The highest BCUT2D eigenvalue weighted by atomic mass is 19.1. The lowest BCUT2D eigenvalue weighted by Gasteiger charge is -2.22. The number of aromatic nitrogens is 1. The normalized spacial score (nSPS) is 24.4. The van der Waals surface area contributed by atoms with Crippen LogP contribution in [0.15, 0.2) is 18.3 Å². The summed E-state index contributed by atoms with van der Waals surface area (Å²) < 4.78 is 12.6. The van der Waals surface area contributed by atoms with Crippen LogP contribution in [0.4, 0.5) is 10.2 Å². The summed E-state index contributed by atoms with van der Waals surface area (Å²) in [5.74, 6) is -0.159. The third kappa shape index (κ3) is 2.19. The van der Waals surface area contributed by atoms with Crippen molar-refractivity contribution in [3.63, 3.8) is 0 Å². The van der Waals surface area contributed by atoms with Crippen LogP contribution < -0.4 is 10.6 Å². The van der Waals surface area contributed by atoms with Crippen LogP contribution in [0.5, 0.6) is 0 Å². The average molecular weight is 223 g/mol. The van der Waals surface area contributed by atoms with Crippen LogP contribution in [0.25, 0.3) is 0 Å². The van der Waals surface area contributed by atoms with E-state index in [1.807, 2.05) is 6.92 Å². The summed E-state index contributed by atoms with van der Waals surface area (Å²) in [6.07, 6.45) is 2.88. The maximum absolute atomic E-state index is 12.6. The summed E-state index contributed by atoms with van der Waals surface area (Å²) in [5.41, 5.74) is -0.532. The number of hydrogen-bond acceptors (Lipinski definition) is 3.